The molecule has 0 atom stereocenters. The summed E-state index contributed by atoms with van der Waals surface area (Å²) in [5.74, 6) is 2.10. The Bertz CT molecular complexity index is 1200. The van der Waals surface area contributed by atoms with Gasteiger partial charge in [-0.05, 0) is 53.9 Å². The fraction of sp³-hybridized carbons (Fsp3) is 0.0870. The summed E-state index contributed by atoms with van der Waals surface area (Å²) in [6.07, 6.45) is 8.82. The Morgan fingerprint density at radius 3 is 2.75 bits per heavy atom. The number of nitrogens with zero attached hydrogens (tertiary/aromatic N) is 3. The van der Waals surface area contributed by atoms with Crippen molar-refractivity contribution in [1.29, 1.82) is 0 Å². The zero-order valence-electron chi connectivity index (χ0n) is 15.4. The minimum absolute atomic E-state index is 0.645. The molecule has 2 heterocycles. The van der Waals surface area contributed by atoms with E-state index in [0.29, 0.717) is 5.82 Å². The molecule has 0 aliphatic heterocycles. The summed E-state index contributed by atoms with van der Waals surface area (Å²) in [6, 6.07) is 16.0. The van der Waals surface area contributed by atoms with Gasteiger partial charge >= 0.3 is 0 Å². The van der Waals surface area contributed by atoms with Crippen LogP contribution in [0.25, 0.3) is 28.4 Å². The fourth-order valence-corrected chi connectivity index (χ4v) is 3.51. The summed E-state index contributed by atoms with van der Waals surface area (Å²) in [5.41, 5.74) is 5.30. The van der Waals surface area contributed by atoms with Gasteiger partial charge in [-0.3, -0.25) is 4.98 Å². The molecule has 0 amide bonds. The third-order valence-electron chi connectivity index (χ3n) is 4.89. The van der Waals surface area contributed by atoms with Gasteiger partial charge in [-0.25, -0.2) is 9.97 Å². The Kier molecular flexibility index (Phi) is 3.98. The SMILES string of the molecule is COc1cccc2nc(-c3ccncc3)nc(Nc3ccc4c(c3)C=CC4)c12. The molecule has 2 aromatic carbocycles. The van der Waals surface area contributed by atoms with Crippen LogP contribution in [0, 0.1) is 0 Å². The van der Waals surface area contributed by atoms with E-state index in [-0.39, 0.29) is 0 Å². The third-order valence-corrected chi connectivity index (χ3v) is 4.89. The van der Waals surface area contributed by atoms with Crippen LogP contribution in [0.4, 0.5) is 11.5 Å². The van der Waals surface area contributed by atoms with Crippen molar-refractivity contribution in [2.24, 2.45) is 0 Å². The van der Waals surface area contributed by atoms with E-state index in [1.807, 2.05) is 30.3 Å². The van der Waals surface area contributed by atoms with E-state index >= 15 is 0 Å². The minimum atomic E-state index is 0.645. The van der Waals surface area contributed by atoms with Crippen LogP contribution in [0.15, 0.2) is 67.0 Å². The van der Waals surface area contributed by atoms with E-state index < -0.39 is 0 Å². The highest BCUT2D eigenvalue weighted by molar-refractivity contribution is 5.97. The number of fused-ring (bicyclic) bond motifs is 2. The number of allylic oxidation sites excluding steroid dienone is 1. The first-order valence-corrected chi connectivity index (χ1v) is 9.13. The van der Waals surface area contributed by atoms with Gasteiger partial charge < -0.3 is 10.1 Å². The Hall–Kier alpha value is -3.73. The van der Waals surface area contributed by atoms with E-state index in [1.165, 1.54) is 11.1 Å². The number of aromatic nitrogens is 3. The highest BCUT2D eigenvalue weighted by Gasteiger charge is 2.14. The quantitative estimate of drug-likeness (QED) is 0.550. The molecule has 5 nitrogen and oxygen atoms in total. The van der Waals surface area contributed by atoms with E-state index in [2.05, 4.69) is 40.7 Å². The summed E-state index contributed by atoms with van der Waals surface area (Å²) in [5, 5.41) is 4.34. The van der Waals surface area contributed by atoms with E-state index in [9.17, 15) is 0 Å². The van der Waals surface area contributed by atoms with Gasteiger partial charge in [0.15, 0.2) is 5.82 Å². The molecule has 4 aromatic rings. The minimum Gasteiger partial charge on any atom is -0.496 e. The zero-order valence-corrected chi connectivity index (χ0v) is 15.4. The van der Waals surface area contributed by atoms with Gasteiger partial charge in [0, 0.05) is 23.6 Å². The van der Waals surface area contributed by atoms with Gasteiger partial charge in [0.2, 0.25) is 0 Å². The van der Waals surface area contributed by atoms with Crippen LogP contribution in [0.1, 0.15) is 11.1 Å². The number of nitrogens with one attached hydrogen (secondary N) is 1. The van der Waals surface area contributed by atoms with Crippen molar-refractivity contribution < 1.29 is 4.74 Å². The van der Waals surface area contributed by atoms with Gasteiger partial charge in [-0.1, -0.05) is 24.3 Å². The highest BCUT2D eigenvalue weighted by Crippen LogP contribution is 2.34. The lowest BCUT2D eigenvalue weighted by atomic mass is 10.1. The second kappa shape index (κ2) is 6.78. The van der Waals surface area contributed by atoms with Crippen molar-refractivity contribution in [2.75, 3.05) is 12.4 Å². The normalized spacial score (nSPS) is 12.2. The third kappa shape index (κ3) is 2.87. The van der Waals surface area contributed by atoms with E-state index in [1.54, 1.807) is 19.5 Å². The van der Waals surface area contributed by atoms with Crippen LogP contribution in [-0.4, -0.2) is 22.1 Å². The molecule has 0 bridgehead atoms. The molecule has 0 fully saturated rings. The second-order valence-electron chi connectivity index (χ2n) is 6.63. The molecule has 0 spiro atoms. The van der Waals surface area contributed by atoms with Crippen LogP contribution < -0.4 is 10.1 Å². The lowest BCUT2D eigenvalue weighted by molar-refractivity contribution is 0.420. The van der Waals surface area contributed by atoms with E-state index in [0.717, 1.165) is 40.1 Å². The van der Waals surface area contributed by atoms with Crippen molar-refractivity contribution in [3.8, 4) is 17.1 Å². The van der Waals surface area contributed by atoms with Gasteiger partial charge in [-0.15, -0.1) is 0 Å². The summed E-state index contributed by atoms with van der Waals surface area (Å²) in [6.45, 7) is 0. The number of benzene rings is 2. The zero-order chi connectivity index (χ0) is 18.9. The van der Waals surface area contributed by atoms with Crippen LogP contribution in [0.5, 0.6) is 5.75 Å². The first kappa shape index (κ1) is 16.4. The van der Waals surface area contributed by atoms with E-state index in [4.69, 9.17) is 14.7 Å². The van der Waals surface area contributed by atoms with Gasteiger partial charge in [0.05, 0.1) is 18.0 Å². The average Bonchev–Trinajstić information content (AvgIpc) is 3.21. The lowest BCUT2D eigenvalue weighted by Crippen LogP contribution is -2.01. The maximum absolute atomic E-state index is 5.58. The number of rotatable bonds is 4. The summed E-state index contributed by atoms with van der Waals surface area (Å²) < 4.78 is 5.58. The van der Waals surface area contributed by atoms with Crippen molar-refractivity contribution in [1.82, 2.24) is 15.0 Å². The van der Waals surface area contributed by atoms with Crippen molar-refractivity contribution in [3.05, 3.63) is 78.1 Å². The molecule has 0 saturated carbocycles. The summed E-state index contributed by atoms with van der Waals surface area (Å²) in [4.78, 5) is 13.7. The lowest BCUT2D eigenvalue weighted by Gasteiger charge is -2.14. The molecule has 0 unspecified atom stereocenters. The number of methoxy groups -OCH3 is 1. The smallest absolute Gasteiger partial charge is 0.162 e. The van der Waals surface area contributed by atoms with Gasteiger partial charge in [0.25, 0.3) is 0 Å². The van der Waals surface area contributed by atoms with Crippen LogP contribution >= 0.6 is 0 Å². The van der Waals surface area contributed by atoms with Crippen molar-refractivity contribution in [2.45, 2.75) is 6.42 Å². The number of hydrogen-bond donors (Lipinski definition) is 1. The molecule has 0 saturated heterocycles. The maximum Gasteiger partial charge on any atom is 0.162 e. The standard InChI is InChI=1S/C23H18N4O/c1-28-20-7-3-6-19-21(20)23(27-22(26-19)16-10-12-24-13-11-16)25-18-9-8-15-4-2-5-17(15)14-18/h2-3,5-14H,4H2,1H3,(H,25,26,27). The monoisotopic (exact) mass is 366 g/mol. The van der Waals surface area contributed by atoms with Crippen molar-refractivity contribution in [3.63, 3.8) is 0 Å². The Balaban J connectivity index is 1.68. The second-order valence-corrected chi connectivity index (χ2v) is 6.63. The molecule has 136 valence electrons. The van der Waals surface area contributed by atoms with Crippen LogP contribution in [-0.2, 0) is 6.42 Å². The Morgan fingerprint density at radius 1 is 1.00 bits per heavy atom. The number of ether oxygens (including phenoxy) is 1. The molecular formula is C23H18N4O. The first-order valence-electron chi connectivity index (χ1n) is 9.13. The predicted octanol–water partition coefficient (Wildman–Crippen LogP) is 5.01. The molecule has 1 N–H and O–H groups in total. The Labute approximate surface area is 162 Å². The predicted molar refractivity (Wildman–Crippen MR) is 112 cm³/mol. The largest absolute Gasteiger partial charge is 0.496 e. The molecule has 0 radical (unpaired) electrons. The average molecular weight is 366 g/mol. The first-order chi connectivity index (χ1) is 13.8. The molecular weight excluding hydrogens is 348 g/mol. The molecule has 1 aliphatic carbocycles. The molecule has 2 aromatic heterocycles. The summed E-state index contributed by atoms with van der Waals surface area (Å²) in [7, 11) is 1.66. The highest BCUT2D eigenvalue weighted by atomic mass is 16.5. The Morgan fingerprint density at radius 2 is 1.89 bits per heavy atom. The molecule has 28 heavy (non-hydrogen) atoms. The van der Waals surface area contributed by atoms with Gasteiger partial charge in [-0.2, -0.15) is 0 Å². The van der Waals surface area contributed by atoms with Gasteiger partial charge in [0.1, 0.15) is 11.6 Å². The topological polar surface area (TPSA) is 59.9 Å². The molecule has 5 heteroatoms. The van der Waals surface area contributed by atoms with Crippen LogP contribution in [0.3, 0.4) is 0 Å². The molecule has 5 rings (SSSR count). The number of hydrogen-bond acceptors (Lipinski definition) is 5. The fourth-order valence-electron chi connectivity index (χ4n) is 3.51. The number of anilines is 2. The molecule has 1 aliphatic rings. The maximum atomic E-state index is 5.58. The van der Waals surface area contributed by atoms with Crippen LogP contribution in [0.2, 0.25) is 0 Å². The van der Waals surface area contributed by atoms with Crippen molar-refractivity contribution >= 4 is 28.5 Å². The number of pyridine rings is 1. The summed E-state index contributed by atoms with van der Waals surface area (Å²) >= 11 is 0.